The summed E-state index contributed by atoms with van der Waals surface area (Å²) in [6, 6.07) is 3.03. The van der Waals surface area contributed by atoms with Crippen LogP contribution in [0.1, 0.15) is 42.5 Å². The molecule has 1 aromatic heterocycles. The highest BCUT2D eigenvalue weighted by Gasteiger charge is 2.40. The van der Waals surface area contributed by atoms with Gasteiger partial charge >= 0.3 is 0 Å². The first-order valence-electron chi connectivity index (χ1n) is 7.16. The van der Waals surface area contributed by atoms with Gasteiger partial charge in [-0.1, -0.05) is 12.2 Å². The molecule has 2 aliphatic heterocycles. The van der Waals surface area contributed by atoms with E-state index in [0.717, 1.165) is 19.3 Å². The lowest BCUT2D eigenvalue weighted by atomic mass is 9.97. The summed E-state index contributed by atoms with van der Waals surface area (Å²) in [4.78, 5) is 16.0. The Balaban J connectivity index is 1.62. The third-order valence-electron chi connectivity index (χ3n) is 4.49. The average molecular weight is 275 g/mol. The summed E-state index contributed by atoms with van der Waals surface area (Å²) >= 11 is 1.77. The monoisotopic (exact) mass is 275 g/mol. The molecule has 0 radical (unpaired) electrons. The smallest absolute Gasteiger partial charge is 0.223 e. The molecule has 0 N–H and O–H groups in total. The van der Waals surface area contributed by atoms with Gasteiger partial charge in [-0.2, -0.15) is 0 Å². The molecule has 2 nitrogen and oxygen atoms in total. The fourth-order valence-corrected chi connectivity index (χ4v) is 4.44. The Morgan fingerprint density at radius 1 is 1.42 bits per heavy atom. The van der Waals surface area contributed by atoms with Crippen LogP contribution in [0.4, 0.5) is 0 Å². The minimum Gasteiger partial charge on any atom is -0.336 e. The predicted octanol–water partition coefficient (Wildman–Crippen LogP) is 3.70. The Hall–Kier alpha value is -1.09. The number of aryl methyl sites for hydroxylation is 2. The first kappa shape index (κ1) is 12.9. The number of rotatable bonds is 3. The Labute approximate surface area is 119 Å². The number of piperidine rings is 1. The van der Waals surface area contributed by atoms with Crippen LogP contribution in [0.15, 0.2) is 23.6 Å². The van der Waals surface area contributed by atoms with E-state index in [-0.39, 0.29) is 0 Å². The fourth-order valence-electron chi connectivity index (χ4n) is 3.53. The third-order valence-corrected chi connectivity index (χ3v) is 5.57. The second kappa shape index (κ2) is 5.12. The van der Waals surface area contributed by atoms with Crippen molar-refractivity contribution >= 4 is 17.2 Å². The van der Waals surface area contributed by atoms with Crippen molar-refractivity contribution in [2.24, 2.45) is 0 Å². The van der Waals surface area contributed by atoms with E-state index in [1.165, 1.54) is 28.9 Å². The van der Waals surface area contributed by atoms with Gasteiger partial charge in [0.15, 0.2) is 0 Å². The lowest BCUT2D eigenvalue weighted by molar-refractivity contribution is -0.134. The number of amides is 1. The van der Waals surface area contributed by atoms with Crippen LogP contribution in [0, 0.1) is 6.92 Å². The van der Waals surface area contributed by atoms with Gasteiger partial charge in [0, 0.05) is 23.4 Å². The van der Waals surface area contributed by atoms with E-state index in [0.29, 0.717) is 24.4 Å². The standard InChI is InChI=1S/C16H21NOS/c1-11-9-13-3-4-14(10-11)17(13)16(18)6-5-15-12(2)7-8-19-15/h7-8,13-14H,1,3-6,9-10H2,2H3. The van der Waals surface area contributed by atoms with E-state index < -0.39 is 0 Å². The summed E-state index contributed by atoms with van der Waals surface area (Å²) in [6.45, 7) is 6.24. The van der Waals surface area contributed by atoms with E-state index in [4.69, 9.17) is 0 Å². The largest absolute Gasteiger partial charge is 0.336 e. The van der Waals surface area contributed by atoms with Crippen LogP contribution in [0.3, 0.4) is 0 Å². The molecule has 2 unspecified atom stereocenters. The molecule has 1 aromatic rings. The van der Waals surface area contributed by atoms with Crippen LogP contribution < -0.4 is 0 Å². The Morgan fingerprint density at radius 2 is 2.11 bits per heavy atom. The van der Waals surface area contributed by atoms with Crippen LogP contribution in [-0.4, -0.2) is 22.9 Å². The van der Waals surface area contributed by atoms with Crippen LogP contribution in [0.5, 0.6) is 0 Å². The third kappa shape index (κ3) is 2.48. The Morgan fingerprint density at radius 3 is 2.68 bits per heavy atom. The van der Waals surface area contributed by atoms with Crippen molar-refractivity contribution in [2.75, 3.05) is 0 Å². The van der Waals surface area contributed by atoms with Gasteiger partial charge in [-0.25, -0.2) is 0 Å². The van der Waals surface area contributed by atoms with Gasteiger partial charge in [0.05, 0.1) is 0 Å². The predicted molar refractivity (Wildman–Crippen MR) is 79.4 cm³/mol. The SMILES string of the molecule is C=C1CC2CCC(C1)N2C(=O)CCc1sccc1C. The minimum absolute atomic E-state index is 0.354. The second-order valence-electron chi connectivity index (χ2n) is 5.87. The topological polar surface area (TPSA) is 20.3 Å². The molecule has 0 aliphatic carbocycles. The van der Waals surface area contributed by atoms with Gasteiger partial charge in [-0.3, -0.25) is 4.79 Å². The Bertz CT molecular complexity index is 489. The first-order valence-corrected chi connectivity index (χ1v) is 8.04. The summed E-state index contributed by atoms with van der Waals surface area (Å²) in [5, 5.41) is 2.11. The van der Waals surface area contributed by atoms with E-state index in [1.54, 1.807) is 11.3 Å². The van der Waals surface area contributed by atoms with Gasteiger partial charge in [-0.15, -0.1) is 11.3 Å². The van der Waals surface area contributed by atoms with Crippen LogP contribution in [0.2, 0.25) is 0 Å². The molecule has 2 saturated heterocycles. The number of carbonyl (C=O) groups is 1. The average Bonchev–Trinajstić information content (AvgIpc) is 2.89. The first-order chi connectivity index (χ1) is 9.15. The molecule has 2 aliphatic rings. The highest BCUT2D eigenvalue weighted by molar-refractivity contribution is 7.10. The number of thiophene rings is 1. The van der Waals surface area contributed by atoms with Crippen molar-refractivity contribution in [3.05, 3.63) is 34.0 Å². The number of hydrogen-bond acceptors (Lipinski definition) is 2. The number of hydrogen-bond donors (Lipinski definition) is 0. The zero-order valence-electron chi connectivity index (χ0n) is 11.5. The fraction of sp³-hybridized carbons (Fsp3) is 0.562. The van der Waals surface area contributed by atoms with Gasteiger partial charge in [0.1, 0.15) is 0 Å². The lowest BCUT2D eigenvalue weighted by Crippen LogP contribution is -2.44. The summed E-state index contributed by atoms with van der Waals surface area (Å²) in [5.41, 5.74) is 2.67. The van der Waals surface area contributed by atoms with Gasteiger partial charge < -0.3 is 4.90 Å². The van der Waals surface area contributed by atoms with E-state index in [9.17, 15) is 4.79 Å². The quantitative estimate of drug-likeness (QED) is 0.770. The number of carbonyl (C=O) groups excluding carboxylic acids is 1. The zero-order chi connectivity index (χ0) is 13.4. The summed E-state index contributed by atoms with van der Waals surface area (Å²) in [6.07, 6.45) is 5.97. The molecule has 2 bridgehead atoms. The molecule has 3 heterocycles. The maximum atomic E-state index is 12.5. The van der Waals surface area contributed by atoms with Crippen molar-refractivity contribution in [3.63, 3.8) is 0 Å². The molecule has 2 atom stereocenters. The molecule has 0 aromatic carbocycles. The summed E-state index contributed by atoms with van der Waals surface area (Å²) < 4.78 is 0. The molecule has 2 fully saturated rings. The molecule has 0 spiro atoms. The summed E-state index contributed by atoms with van der Waals surface area (Å²) in [5.74, 6) is 0.354. The van der Waals surface area contributed by atoms with Crippen molar-refractivity contribution < 1.29 is 4.79 Å². The van der Waals surface area contributed by atoms with Crippen molar-refractivity contribution in [1.82, 2.24) is 4.90 Å². The number of nitrogens with zero attached hydrogens (tertiary/aromatic N) is 1. The van der Waals surface area contributed by atoms with E-state index in [1.807, 2.05) is 0 Å². The van der Waals surface area contributed by atoms with Crippen molar-refractivity contribution in [2.45, 2.75) is 57.5 Å². The van der Waals surface area contributed by atoms with E-state index in [2.05, 4.69) is 29.8 Å². The highest BCUT2D eigenvalue weighted by atomic mass is 32.1. The van der Waals surface area contributed by atoms with Crippen molar-refractivity contribution in [3.8, 4) is 0 Å². The van der Waals surface area contributed by atoms with Gasteiger partial charge in [0.25, 0.3) is 0 Å². The van der Waals surface area contributed by atoms with E-state index >= 15 is 0 Å². The molecule has 3 heteroatoms. The van der Waals surface area contributed by atoms with Crippen molar-refractivity contribution in [1.29, 1.82) is 0 Å². The molecule has 0 saturated carbocycles. The highest BCUT2D eigenvalue weighted by Crippen LogP contribution is 2.38. The molecule has 1 amide bonds. The maximum Gasteiger partial charge on any atom is 0.223 e. The molecular formula is C16H21NOS. The Kier molecular flexibility index (Phi) is 3.48. The normalized spacial score (nSPS) is 25.9. The van der Waals surface area contributed by atoms with Crippen LogP contribution in [-0.2, 0) is 11.2 Å². The summed E-state index contributed by atoms with van der Waals surface area (Å²) in [7, 11) is 0. The molecular weight excluding hydrogens is 254 g/mol. The van der Waals surface area contributed by atoms with Gasteiger partial charge in [0.2, 0.25) is 5.91 Å². The van der Waals surface area contributed by atoms with Gasteiger partial charge in [-0.05, 0) is 56.0 Å². The molecule has 3 rings (SSSR count). The minimum atomic E-state index is 0.354. The molecule has 102 valence electrons. The molecule has 19 heavy (non-hydrogen) atoms. The van der Waals surface area contributed by atoms with Crippen LogP contribution >= 0.6 is 11.3 Å². The maximum absolute atomic E-state index is 12.5. The number of fused-ring (bicyclic) bond motifs is 2. The lowest BCUT2D eigenvalue weighted by Gasteiger charge is -2.36. The van der Waals surface area contributed by atoms with Crippen LogP contribution in [0.25, 0.3) is 0 Å². The zero-order valence-corrected chi connectivity index (χ0v) is 12.3. The second-order valence-corrected chi connectivity index (χ2v) is 6.87.